The summed E-state index contributed by atoms with van der Waals surface area (Å²) in [6.45, 7) is 4.65. The maximum Gasteiger partial charge on any atom is 0.328 e. The van der Waals surface area contributed by atoms with E-state index < -0.39 is 12.0 Å². The Bertz CT molecular complexity index is 904. The molecule has 6 nitrogen and oxygen atoms in total. The van der Waals surface area contributed by atoms with Crippen LogP contribution in [0.2, 0.25) is 0 Å². The maximum absolute atomic E-state index is 13.3. The Balaban J connectivity index is 1.86. The van der Waals surface area contributed by atoms with Gasteiger partial charge in [0.05, 0.1) is 24.3 Å². The molecule has 0 bridgehead atoms. The molecule has 1 atom stereocenters. The molecule has 2 aliphatic rings. The number of aromatic nitrogens is 1. The monoisotopic (exact) mass is 354 g/mol. The number of fused-ring (bicyclic) bond motifs is 1. The van der Waals surface area contributed by atoms with Crippen molar-refractivity contribution in [3.8, 4) is 0 Å². The number of ether oxygens (including phenoxy) is 1. The van der Waals surface area contributed by atoms with E-state index in [4.69, 9.17) is 9.72 Å². The van der Waals surface area contributed by atoms with E-state index in [0.29, 0.717) is 18.1 Å². The summed E-state index contributed by atoms with van der Waals surface area (Å²) in [5.41, 5.74) is 4.42. The number of hydrogen-bond acceptors (Lipinski definition) is 4. The van der Waals surface area contributed by atoms with Gasteiger partial charge in [0.2, 0.25) is 0 Å². The Kier molecular flexibility index (Phi) is 4.15. The fourth-order valence-electron chi connectivity index (χ4n) is 3.67. The number of morpholine rings is 1. The molecule has 6 heteroatoms. The highest BCUT2D eigenvalue weighted by atomic mass is 16.5. The van der Waals surface area contributed by atoms with Crippen molar-refractivity contribution < 1.29 is 19.4 Å². The van der Waals surface area contributed by atoms with E-state index in [2.05, 4.69) is 6.07 Å². The van der Waals surface area contributed by atoms with Crippen molar-refractivity contribution in [2.24, 2.45) is 0 Å². The molecule has 2 aromatic rings. The summed E-state index contributed by atoms with van der Waals surface area (Å²) < 4.78 is 5.27. The van der Waals surface area contributed by atoms with Crippen LogP contribution in [-0.2, 0) is 9.53 Å². The average molecular weight is 354 g/mol. The van der Waals surface area contributed by atoms with E-state index in [1.54, 1.807) is 0 Å². The fourth-order valence-corrected chi connectivity index (χ4v) is 3.67. The molecule has 0 spiro atoms. The van der Waals surface area contributed by atoms with Crippen LogP contribution in [0.1, 0.15) is 45.9 Å². The normalized spacial score (nSPS) is 20.4. The van der Waals surface area contributed by atoms with Gasteiger partial charge in [0, 0.05) is 23.5 Å². The number of benzene rings is 1. The largest absolute Gasteiger partial charge is 0.480 e. The van der Waals surface area contributed by atoms with Crippen LogP contribution >= 0.6 is 0 Å². The van der Waals surface area contributed by atoms with Gasteiger partial charge >= 0.3 is 5.97 Å². The van der Waals surface area contributed by atoms with Crippen LogP contribution in [0.5, 0.6) is 0 Å². The van der Waals surface area contributed by atoms with Gasteiger partial charge in [-0.1, -0.05) is 11.6 Å². The zero-order valence-corrected chi connectivity index (χ0v) is 15.0. The lowest BCUT2D eigenvalue weighted by atomic mass is 9.99. The number of hydrogen-bond donors (Lipinski definition) is 1. The minimum atomic E-state index is -1.04. The first kappa shape index (κ1) is 17.0. The van der Waals surface area contributed by atoms with E-state index in [1.165, 1.54) is 4.90 Å². The van der Waals surface area contributed by atoms with Crippen LogP contribution in [0.25, 0.3) is 10.9 Å². The number of carboxylic acid groups (broad SMARTS) is 1. The molecule has 26 heavy (non-hydrogen) atoms. The number of rotatable bonds is 3. The van der Waals surface area contributed by atoms with Crippen LogP contribution in [-0.4, -0.2) is 52.7 Å². The topological polar surface area (TPSA) is 79.7 Å². The van der Waals surface area contributed by atoms with E-state index in [1.807, 2.05) is 26.0 Å². The number of nitrogens with zero attached hydrogens (tertiary/aromatic N) is 2. The van der Waals surface area contributed by atoms with Crippen molar-refractivity contribution >= 4 is 22.8 Å². The Hall–Kier alpha value is -2.47. The summed E-state index contributed by atoms with van der Waals surface area (Å²) in [5, 5.41) is 10.3. The third-order valence-corrected chi connectivity index (χ3v) is 5.17. The smallest absolute Gasteiger partial charge is 0.328 e. The molecule has 1 aromatic heterocycles. The summed E-state index contributed by atoms with van der Waals surface area (Å²) >= 11 is 0. The lowest BCUT2D eigenvalue weighted by Crippen LogP contribution is -2.52. The van der Waals surface area contributed by atoms with Gasteiger partial charge in [-0.15, -0.1) is 0 Å². The highest BCUT2D eigenvalue weighted by Crippen LogP contribution is 2.40. The maximum atomic E-state index is 13.3. The minimum absolute atomic E-state index is 0.0254. The quantitative estimate of drug-likeness (QED) is 0.917. The Morgan fingerprint density at radius 2 is 2.00 bits per heavy atom. The number of carbonyl (C=O) groups excluding carboxylic acids is 1. The number of pyridine rings is 1. The SMILES string of the molecule is Cc1cc(C)c2nc(C3CC3)cc(C(=O)N3CCOCC3C(=O)O)c2c1. The van der Waals surface area contributed by atoms with Crippen LogP contribution < -0.4 is 0 Å². The predicted octanol–water partition coefficient (Wildman–Crippen LogP) is 2.65. The number of amides is 1. The van der Waals surface area contributed by atoms with Gasteiger partial charge < -0.3 is 14.7 Å². The molecule has 1 aliphatic heterocycles. The standard InChI is InChI=1S/C20H22N2O4/c1-11-7-12(2)18-14(8-11)15(9-16(21-18)13-3-4-13)19(23)22-5-6-26-10-17(22)20(24)25/h7-9,13,17H,3-6,10H2,1-2H3,(H,24,25). The summed E-state index contributed by atoms with van der Waals surface area (Å²) in [6.07, 6.45) is 2.18. The summed E-state index contributed by atoms with van der Waals surface area (Å²) in [4.78, 5) is 31.1. The molecule has 4 rings (SSSR count). The predicted molar refractivity (Wildman–Crippen MR) is 96.5 cm³/mol. The molecule has 1 saturated heterocycles. The number of carboxylic acids is 1. The molecule has 1 aromatic carbocycles. The second-order valence-electron chi connectivity index (χ2n) is 7.27. The Morgan fingerprint density at radius 3 is 2.69 bits per heavy atom. The lowest BCUT2D eigenvalue weighted by molar-refractivity contribution is -0.147. The average Bonchev–Trinajstić information content (AvgIpc) is 3.45. The second kappa shape index (κ2) is 6.36. The molecular weight excluding hydrogens is 332 g/mol. The van der Waals surface area contributed by atoms with E-state index >= 15 is 0 Å². The highest BCUT2D eigenvalue weighted by molar-refractivity contribution is 6.08. The van der Waals surface area contributed by atoms with Gasteiger partial charge in [-0.2, -0.15) is 0 Å². The van der Waals surface area contributed by atoms with Crippen molar-refractivity contribution in [2.45, 2.75) is 38.6 Å². The van der Waals surface area contributed by atoms with Gasteiger partial charge in [0.15, 0.2) is 6.04 Å². The third-order valence-electron chi connectivity index (χ3n) is 5.17. The van der Waals surface area contributed by atoms with Gasteiger partial charge in [-0.05, 0) is 44.4 Å². The molecule has 2 fully saturated rings. The first-order valence-corrected chi connectivity index (χ1v) is 8.99. The molecule has 1 saturated carbocycles. The first-order chi connectivity index (χ1) is 12.5. The Labute approximate surface area is 151 Å². The summed E-state index contributed by atoms with van der Waals surface area (Å²) in [7, 11) is 0. The van der Waals surface area contributed by atoms with Crippen molar-refractivity contribution in [1.82, 2.24) is 9.88 Å². The summed E-state index contributed by atoms with van der Waals surface area (Å²) in [5.74, 6) is -0.877. The molecule has 0 radical (unpaired) electrons. The van der Waals surface area contributed by atoms with E-state index in [0.717, 1.165) is 40.6 Å². The first-order valence-electron chi connectivity index (χ1n) is 8.99. The Morgan fingerprint density at radius 1 is 1.23 bits per heavy atom. The van der Waals surface area contributed by atoms with E-state index in [9.17, 15) is 14.7 Å². The second-order valence-corrected chi connectivity index (χ2v) is 7.27. The van der Waals surface area contributed by atoms with Crippen LogP contribution in [0.4, 0.5) is 0 Å². The molecular formula is C20H22N2O4. The van der Waals surface area contributed by atoms with Gasteiger partial charge in [0.25, 0.3) is 5.91 Å². The van der Waals surface area contributed by atoms with E-state index in [-0.39, 0.29) is 19.1 Å². The molecule has 136 valence electrons. The van der Waals surface area contributed by atoms with Gasteiger partial charge in [0.1, 0.15) is 0 Å². The number of aliphatic carboxylic acids is 1. The molecule has 2 heterocycles. The van der Waals surface area contributed by atoms with Crippen LogP contribution in [0, 0.1) is 13.8 Å². The van der Waals surface area contributed by atoms with Gasteiger partial charge in [-0.3, -0.25) is 9.78 Å². The van der Waals surface area contributed by atoms with Crippen molar-refractivity contribution in [1.29, 1.82) is 0 Å². The number of carbonyl (C=O) groups is 2. The minimum Gasteiger partial charge on any atom is -0.480 e. The molecule has 1 amide bonds. The zero-order chi connectivity index (χ0) is 18.4. The molecule has 1 N–H and O–H groups in total. The lowest BCUT2D eigenvalue weighted by Gasteiger charge is -2.33. The molecule has 1 unspecified atom stereocenters. The number of aryl methyl sites for hydroxylation is 2. The van der Waals surface area contributed by atoms with Gasteiger partial charge in [-0.25, -0.2) is 4.79 Å². The molecule has 1 aliphatic carbocycles. The zero-order valence-electron chi connectivity index (χ0n) is 15.0. The van der Waals surface area contributed by atoms with Crippen LogP contribution in [0.3, 0.4) is 0 Å². The fraction of sp³-hybridized carbons (Fsp3) is 0.450. The summed E-state index contributed by atoms with van der Waals surface area (Å²) in [6, 6.07) is 4.95. The van der Waals surface area contributed by atoms with Crippen molar-refractivity contribution in [3.63, 3.8) is 0 Å². The van der Waals surface area contributed by atoms with Crippen LogP contribution in [0.15, 0.2) is 18.2 Å². The highest BCUT2D eigenvalue weighted by Gasteiger charge is 2.35. The van der Waals surface area contributed by atoms with Crippen molar-refractivity contribution in [2.75, 3.05) is 19.8 Å². The van der Waals surface area contributed by atoms with Crippen molar-refractivity contribution in [3.05, 3.63) is 40.6 Å². The third kappa shape index (κ3) is 2.94.